The van der Waals surface area contributed by atoms with Gasteiger partial charge in [-0.25, -0.2) is 0 Å². The quantitative estimate of drug-likeness (QED) is 0.773. The molecule has 21 heavy (non-hydrogen) atoms. The maximum atomic E-state index is 12.5. The molecule has 2 rings (SSSR count). The van der Waals surface area contributed by atoms with E-state index in [0.717, 1.165) is 38.3 Å². The maximum Gasteiger partial charge on any atom is 0.180 e. The Bertz CT molecular complexity index is 471. The maximum absolute atomic E-state index is 12.5. The Labute approximate surface area is 126 Å². The molecule has 0 aromatic heterocycles. The predicted octanol–water partition coefficient (Wildman–Crippen LogP) is 1.57. The molecule has 1 aliphatic heterocycles. The largest absolute Gasteiger partial charge is 0.496 e. The molecular weight excluding hydrogens is 268 g/mol. The molecule has 0 amide bonds. The van der Waals surface area contributed by atoms with Crippen molar-refractivity contribution < 1.29 is 14.3 Å². The Morgan fingerprint density at radius 1 is 1.33 bits per heavy atom. The van der Waals surface area contributed by atoms with E-state index in [1.807, 2.05) is 6.07 Å². The molecule has 1 aliphatic rings. The second-order valence-electron chi connectivity index (χ2n) is 5.16. The first-order valence-electron chi connectivity index (χ1n) is 7.51. The van der Waals surface area contributed by atoms with Gasteiger partial charge in [-0.3, -0.25) is 9.69 Å². The fourth-order valence-electron chi connectivity index (χ4n) is 2.37. The zero-order valence-corrected chi connectivity index (χ0v) is 12.9. The molecule has 0 saturated carbocycles. The van der Waals surface area contributed by atoms with Gasteiger partial charge in [0.2, 0.25) is 0 Å². The summed E-state index contributed by atoms with van der Waals surface area (Å²) in [6, 6.07) is 5.44. The number of Topliss-reactive ketones (excluding diaryl/α,β-unsaturated/α-hetero) is 1. The van der Waals surface area contributed by atoms with Gasteiger partial charge in [0.05, 0.1) is 25.8 Å². The minimum atomic E-state index is 0.0794. The normalized spacial score (nSPS) is 15.7. The Hall–Kier alpha value is -1.59. The Morgan fingerprint density at radius 2 is 2.10 bits per heavy atom. The van der Waals surface area contributed by atoms with Crippen molar-refractivity contribution in [2.75, 3.05) is 46.4 Å². The van der Waals surface area contributed by atoms with E-state index < -0.39 is 0 Å². The van der Waals surface area contributed by atoms with Gasteiger partial charge in [0.1, 0.15) is 11.5 Å². The minimum Gasteiger partial charge on any atom is -0.496 e. The monoisotopic (exact) mass is 292 g/mol. The lowest BCUT2D eigenvalue weighted by atomic mass is 10.1. The molecule has 1 aromatic carbocycles. The number of ether oxygens (including phenoxy) is 2. The van der Waals surface area contributed by atoms with Crippen molar-refractivity contribution in [2.24, 2.45) is 0 Å². The molecule has 1 heterocycles. The number of hydrogen-bond acceptors (Lipinski definition) is 5. The summed E-state index contributed by atoms with van der Waals surface area (Å²) in [6.07, 6.45) is 0.941. The van der Waals surface area contributed by atoms with E-state index in [-0.39, 0.29) is 5.78 Å². The number of rotatable bonds is 7. The van der Waals surface area contributed by atoms with Crippen LogP contribution in [0.1, 0.15) is 23.7 Å². The van der Waals surface area contributed by atoms with Gasteiger partial charge >= 0.3 is 0 Å². The first-order valence-corrected chi connectivity index (χ1v) is 7.51. The van der Waals surface area contributed by atoms with E-state index >= 15 is 0 Å². The lowest BCUT2D eigenvalue weighted by Crippen LogP contribution is -2.45. The van der Waals surface area contributed by atoms with E-state index in [1.165, 1.54) is 0 Å². The first-order chi connectivity index (χ1) is 10.2. The highest BCUT2D eigenvalue weighted by Gasteiger charge is 2.18. The number of piperazine rings is 1. The van der Waals surface area contributed by atoms with Crippen LogP contribution in [-0.2, 0) is 0 Å². The van der Waals surface area contributed by atoms with Crippen LogP contribution in [-0.4, -0.2) is 57.1 Å². The molecule has 0 aliphatic carbocycles. The fraction of sp³-hybridized carbons (Fsp3) is 0.562. The average Bonchev–Trinajstić information content (AvgIpc) is 2.53. The molecule has 5 nitrogen and oxygen atoms in total. The van der Waals surface area contributed by atoms with Gasteiger partial charge in [-0.05, 0) is 24.6 Å². The van der Waals surface area contributed by atoms with E-state index in [4.69, 9.17) is 9.47 Å². The number of nitrogens with one attached hydrogen (secondary N) is 1. The third-order valence-corrected chi connectivity index (χ3v) is 3.52. The summed E-state index contributed by atoms with van der Waals surface area (Å²) in [6.45, 7) is 6.81. The van der Waals surface area contributed by atoms with Crippen LogP contribution >= 0.6 is 0 Å². The van der Waals surface area contributed by atoms with E-state index in [9.17, 15) is 4.79 Å². The molecule has 0 spiro atoms. The highest BCUT2D eigenvalue weighted by atomic mass is 16.5. The number of methoxy groups -OCH3 is 1. The van der Waals surface area contributed by atoms with Gasteiger partial charge in [0.15, 0.2) is 5.78 Å². The molecular formula is C16H24N2O3. The third kappa shape index (κ3) is 4.44. The standard InChI is InChI=1S/C16H24N2O3/c1-3-10-21-13-4-5-16(20-2)14(11-13)15(19)12-18-8-6-17-7-9-18/h4-5,11,17H,3,6-10,12H2,1-2H3. The number of ketones is 1. The molecule has 116 valence electrons. The Balaban J connectivity index is 2.09. The highest BCUT2D eigenvalue weighted by Crippen LogP contribution is 2.25. The van der Waals surface area contributed by atoms with Crippen molar-refractivity contribution in [1.82, 2.24) is 10.2 Å². The van der Waals surface area contributed by atoms with Crippen LogP contribution in [0, 0.1) is 0 Å². The lowest BCUT2D eigenvalue weighted by Gasteiger charge is -2.26. The number of benzene rings is 1. The molecule has 0 radical (unpaired) electrons. The molecule has 1 saturated heterocycles. The average molecular weight is 292 g/mol. The summed E-state index contributed by atoms with van der Waals surface area (Å²) < 4.78 is 10.9. The minimum absolute atomic E-state index is 0.0794. The van der Waals surface area contributed by atoms with Crippen LogP contribution in [0.25, 0.3) is 0 Å². The zero-order valence-electron chi connectivity index (χ0n) is 12.9. The molecule has 0 atom stereocenters. The SMILES string of the molecule is CCCOc1ccc(OC)c(C(=O)CN2CCNCC2)c1. The topological polar surface area (TPSA) is 50.8 Å². The second-order valence-corrected chi connectivity index (χ2v) is 5.16. The van der Waals surface area contributed by atoms with Crippen molar-refractivity contribution >= 4 is 5.78 Å². The zero-order chi connectivity index (χ0) is 15.1. The lowest BCUT2D eigenvalue weighted by molar-refractivity contribution is 0.0918. The van der Waals surface area contributed by atoms with Crippen LogP contribution in [0.2, 0.25) is 0 Å². The molecule has 1 aromatic rings. The third-order valence-electron chi connectivity index (χ3n) is 3.52. The summed E-state index contributed by atoms with van der Waals surface area (Å²) in [4.78, 5) is 14.7. The van der Waals surface area contributed by atoms with Crippen molar-refractivity contribution in [3.8, 4) is 11.5 Å². The number of carbonyl (C=O) groups excluding carboxylic acids is 1. The van der Waals surface area contributed by atoms with Crippen LogP contribution < -0.4 is 14.8 Å². The molecule has 1 fully saturated rings. The van der Waals surface area contributed by atoms with E-state index in [0.29, 0.717) is 24.5 Å². The van der Waals surface area contributed by atoms with Gasteiger partial charge in [0, 0.05) is 26.2 Å². The van der Waals surface area contributed by atoms with Gasteiger partial charge < -0.3 is 14.8 Å². The van der Waals surface area contributed by atoms with Crippen LogP contribution in [0.15, 0.2) is 18.2 Å². The van der Waals surface area contributed by atoms with Crippen molar-refractivity contribution in [3.63, 3.8) is 0 Å². The smallest absolute Gasteiger partial charge is 0.180 e. The molecule has 0 bridgehead atoms. The van der Waals surface area contributed by atoms with E-state index in [1.54, 1.807) is 19.2 Å². The first kappa shape index (κ1) is 15.8. The number of carbonyl (C=O) groups is 1. The van der Waals surface area contributed by atoms with Crippen molar-refractivity contribution in [2.45, 2.75) is 13.3 Å². The fourth-order valence-corrected chi connectivity index (χ4v) is 2.37. The summed E-state index contributed by atoms with van der Waals surface area (Å²) >= 11 is 0. The van der Waals surface area contributed by atoms with Gasteiger partial charge in [-0.2, -0.15) is 0 Å². The summed E-state index contributed by atoms with van der Waals surface area (Å²) in [5.41, 5.74) is 0.602. The van der Waals surface area contributed by atoms with Gasteiger partial charge in [0.25, 0.3) is 0 Å². The molecule has 1 N–H and O–H groups in total. The van der Waals surface area contributed by atoms with Crippen molar-refractivity contribution in [3.05, 3.63) is 23.8 Å². The van der Waals surface area contributed by atoms with Crippen LogP contribution in [0.4, 0.5) is 0 Å². The number of hydrogen-bond donors (Lipinski definition) is 1. The molecule has 5 heteroatoms. The summed E-state index contributed by atoms with van der Waals surface area (Å²) in [5, 5.41) is 3.28. The van der Waals surface area contributed by atoms with Crippen LogP contribution in [0.5, 0.6) is 11.5 Å². The van der Waals surface area contributed by atoms with Crippen LogP contribution in [0.3, 0.4) is 0 Å². The summed E-state index contributed by atoms with van der Waals surface area (Å²) in [7, 11) is 1.59. The predicted molar refractivity (Wildman–Crippen MR) is 82.4 cm³/mol. The Kier molecular flexibility index (Phi) is 6.02. The van der Waals surface area contributed by atoms with E-state index in [2.05, 4.69) is 17.1 Å². The second kappa shape index (κ2) is 8.00. The summed E-state index contributed by atoms with van der Waals surface area (Å²) in [5.74, 6) is 1.41. The van der Waals surface area contributed by atoms with Gasteiger partial charge in [-0.1, -0.05) is 6.92 Å². The molecule has 0 unspecified atom stereocenters. The van der Waals surface area contributed by atoms with Crippen molar-refractivity contribution in [1.29, 1.82) is 0 Å². The van der Waals surface area contributed by atoms with Gasteiger partial charge in [-0.15, -0.1) is 0 Å². The number of nitrogens with zero attached hydrogens (tertiary/aromatic N) is 1. The Morgan fingerprint density at radius 3 is 2.76 bits per heavy atom. The highest BCUT2D eigenvalue weighted by molar-refractivity contribution is 6.00.